The van der Waals surface area contributed by atoms with Crippen molar-refractivity contribution in [1.29, 1.82) is 0 Å². The Morgan fingerprint density at radius 3 is 2.14 bits per heavy atom. The average molecular weight is 317 g/mol. The van der Waals surface area contributed by atoms with E-state index in [4.69, 9.17) is 11.6 Å². The number of carbonyl (C=O) groups is 1. The number of aliphatic carboxylic acids is 1. The van der Waals surface area contributed by atoms with Crippen LogP contribution in [-0.4, -0.2) is 11.1 Å². The van der Waals surface area contributed by atoms with Crippen molar-refractivity contribution in [3.8, 4) is 0 Å². The summed E-state index contributed by atoms with van der Waals surface area (Å²) in [5.74, 6) is -0.785. The second-order valence-corrected chi connectivity index (χ2v) is 6.50. The van der Waals surface area contributed by atoms with Crippen molar-refractivity contribution in [2.45, 2.75) is 32.6 Å². The van der Waals surface area contributed by atoms with Gasteiger partial charge in [0, 0.05) is 5.02 Å². The normalized spacial score (nSPS) is 12.4. The third kappa shape index (κ3) is 4.60. The fourth-order valence-corrected chi connectivity index (χ4v) is 2.79. The van der Waals surface area contributed by atoms with E-state index in [1.807, 2.05) is 18.2 Å². The van der Waals surface area contributed by atoms with Gasteiger partial charge in [0.15, 0.2) is 0 Å². The molecule has 0 spiro atoms. The van der Waals surface area contributed by atoms with Crippen LogP contribution in [-0.2, 0) is 17.6 Å². The van der Waals surface area contributed by atoms with Gasteiger partial charge in [-0.2, -0.15) is 0 Å². The molecule has 2 nitrogen and oxygen atoms in total. The van der Waals surface area contributed by atoms with Gasteiger partial charge in [0.2, 0.25) is 0 Å². The predicted molar refractivity (Wildman–Crippen MR) is 90.5 cm³/mol. The molecule has 0 saturated carbocycles. The lowest BCUT2D eigenvalue weighted by molar-refractivity contribution is -0.138. The molecule has 0 radical (unpaired) electrons. The smallest absolute Gasteiger partial charge is 0.311 e. The molecular formula is C19H21ClO2. The van der Waals surface area contributed by atoms with Crippen molar-refractivity contribution < 1.29 is 9.90 Å². The van der Waals surface area contributed by atoms with Gasteiger partial charge in [-0.1, -0.05) is 61.8 Å². The predicted octanol–water partition coefficient (Wildman–Crippen LogP) is 4.95. The fourth-order valence-electron chi connectivity index (χ4n) is 2.59. The number of benzene rings is 2. The fraction of sp³-hybridized carbons (Fsp3) is 0.316. The summed E-state index contributed by atoms with van der Waals surface area (Å²) in [5.41, 5.74) is 3.06. The van der Waals surface area contributed by atoms with Gasteiger partial charge in [-0.15, -0.1) is 0 Å². The second kappa shape index (κ2) is 7.46. The summed E-state index contributed by atoms with van der Waals surface area (Å²) in [6.07, 6.45) is 1.51. The zero-order valence-corrected chi connectivity index (χ0v) is 13.7. The zero-order chi connectivity index (χ0) is 16.1. The highest BCUT2D eigenvalue weighted by atomic mass is 35.5. The van der Waals surface area contributed by atoms with Gasteiger partial charge in [-0.25, -0.2) is 0 Å². The second-order valence-electron chi connectivity index (χ2n) is 6.06. The summed E-state index contributed by atoms with van der Waals surface area (Å²) >= 11 is 5.97. The molecule has 0 amide bonds. The van der Waals surface area contributed by atoms with Gasteiger partial charge < -0.3 is 5.11 Å². The molecule has 0 aliphatic heterocycles. The number of carboxylic acids is 1. The standard InChI is InChI=1S/C19H21ClO2/c1-13(2)10-14-6-8-15(9-7-14)11-18(19(21)22)16-4-3-5-17(20)12-16/h3-9,12-13,18H,10-11H2,1-2H3,(H,21,22). The summed E-state index contributed by atoms with van der Waals surface area (Å²) < 4.78 is 0. The van der Waals surface area contributed by atoms with Gasteiger partial charge in [0.05, 0.1) is 5.92 Å². The van der Waals surface area contributed by atoms with Crippen LogP contribution in [0.15, 0.2) is 48.5 Å². The summed E-state index contributed by atoms with van der Waals surface area (Å²) in [5, 5.41) is 10.1. The first-order valence-electron chi connectivity index (χ1n) is 7.52. The van der Waals surface area contributed by atoms with Gasteiger partial charge in [0.25, 0.3) is 0 Å². The van der Waals surface area contributed by atoms with Gasteiger partial charge >= 0.3 is 5.97 Å². The van der Waals surface area contributed by atoms with E-state index in [9.17, 15) is 9.90 Å². The molecule has 1 unspecified atom stereocenters. The van der Waals surface area contributed by atoms with Crippen molar-refractivity contribution in [1.82, 2.24) is 0 Å². The van der Waals surface area contributed by atoms with Gasteiger partial charge in [-0.3, -0.25) is 4.79 Å². The van der Waals surface area contributed by atoms with Crippen molar-refractivity contribution in [2.24, 2.45) is 5.92 Å². The molecule has 0 bridgehead atoms. The molecular weight excluding hydrogens is 296 g/mol. The number of rotatable bonds is 6. The quantitative estimate of drug-likeness (QED) is 0.818. The van der Waals surface area contributed by atoms with Crippen LogP contribution < -0.4 is 0 Å². The number of hydrogen-bond acceptors (Lipinski definition) is 1. The maximum atomic E-state index is 11.6. The molecule has 2 aromatic carbocycles. The Hall–Kier alpha value is -1.80. The Morgan fingerprint density at radius 1 is 1.05 bits per heavy atom. The molecule has 0 aromatic heterocycles. The molecule has 0 aliphatic rings. The monoisotopic (exact) mass is 316 g/mol. The average Bonchev–Trinajstić information content (AvgIpc) is 2.45. The van der Waals surface area contributed by atoms with E-state index >= 15 is 0 Å². The molecule has 0 fully saturated rings. The molecule has 22 heavy (non-hydrogen) atoms. The minimum atomic E-state index is -0.825. The van der Waals surface area contributed by atoms with Crippen molar-refractivity contribution in [3.63, 3.8) is 0 Å². The number of hydrogen-bond donors (Lipinski definition) is 1. The minimum Gasteiger partial charge on any atom is -0.481 e. The Kier molecular flexibility index (Phi) is 5.62. The summed E-state index contributed by atoms with van der Waals surface area (Å²) in [4.78, 5) is 11.6. The SMILES string of the molecule is CC(C)Cc1ccc(CC(C(=O)O)c2cccc(Cl)c2)cc1. The lowest BCUT2D eigenvalue weighted by Gasteiger charge is -2.14. The van der Waals surface area contributed by atoms with Crippen LogP contribution in [0.25, 0.3) is 0 Å². The maximum absolute atomic E-state index is 11.6. The van der Waals surface area contributed by atoms with E-state index in [2.05, 4.69) is 26.0 Å². The highest BCUT2D eigenvalue weighted by Crippen LogP contribution is 2.24. The van der Waals surface area contributed by atoms with Crippen LogP contribution >= 0.6 is 11.6 Å². The molecule has 0 aliphatic carbocycles. The Balaban J connectivity index is 2.16. The first-order valence-corrected chi connectivity index (χ1v) is 7.89. The van der Waals surface area contributed by atoms with Gasteiger partial charge in [0.1, 0.15) is 0 Å². The van der Waals surface area contributed by atoms with Gasteiger partial charge in [-0.05, 0) is 47.6 Å². The summed E-state index contributed by atoms with van der Waals surface area (Å²) in [7, 11) is 0. The van der Waals surface area contributed by atoms with Crippen LogP contribution in [0.2, 0.25) is 5.02 Å². The first-order chi connectivity index (χ1) is 10.5. The molecule has 0 saturated heterocycles. The van der Waals surface area contributed by atoms with Crippen LogP contribution in [0.5, 0.6) is 0 Å². The number of carboxylic acid groups (broad SMARTS) is 1. The molecule has 0 heterocycles. The highest BCUT2D eigenvalue weighted by Gasteiger charge is 2.20. The molecule has 1 atom stereocenters. The van der Waals surface area contributed by atoms with E-state index in [-0.39, 0.29) is 0 Å². The summed E-state index contributed by atoms with van der Waals surface area (Å²) in [6, 6.07) is 15.3. The molecule has 2 rings (SSSR count). The van der Waals surface area contributed by atoms with Crippen LogP contribution in [0.1, 0.15) is 36.5 Å². The Labute approximate surface area is 136 Å². The van der Waals surface area contributed by atoms with Crippen molar-refractivity contribution >= 4 is 17.6 Å². The van der Waals surface area contributed by atoms with Crippen LogP contribution in [0.3, 0.4) is 0 Å². The van der Waals surface area contributed by atoms with E-state index in [0.717, 1.165) is 17.5 Å². The van der Waals surface area contributed by atoms with Crippen molar-refractivity contribution in [3.05, 3.63) is 70.2 Å². The minimum absolute atomic E-state index is 0.470. The lowest BCUT2D eigenvalue weighted by atomic mass is 9.91. The third-order valence-electron chi connectivity index (χ3n) is 3.66. The molecule has 1 N–H and O–H groups in total. The third-order valence-corrected chi connectivity index (χ3v) is 3.89. The molecule has 3 heteroatoms. The zero-order valence-electron chi connectivity index (χ0n) is 12.9. The number of halogens is 1. The molecule has 116 valence electrons. The van der Waals surface area contributed by atoms with E-state index in [1.165, 1.54) is 5.56 Å². The Morgan fingerprint density at radius 2 is 1.64 bits per heavy atom. The largest absolute Gasteiger partial charge is 0.481 e. The van der Waals surface area contributed by atoms with Crippen LogP contribution in [0.4, 0.5) is 0 Å². The topological polar surface area (TPSA) is 37.3 Å². The van der Waals surface area contributed by atoms with Crippen LogP contribution in [0, 0.1) is 5.92 Å². The van der Waals surface area contributed by atoms with E-state index in [0.29, 0.717) is 17.4 Å². The van der Waals surface area contributed by atoms with E-state index < -0.39 is 11.9 Å². The maximum Gasteiger partial charge on any atom is 0.311 e. The Bertz CT molecular complexity index is 632. The molecule has 2 aromatic rings. The summed E-state index contributed by atoms with van der Waals surface area (Å²) in [6.45, 7) is 4.38. The lowest BCUT2D eigenvalue weighted by Crippen LogP contribution is -2.14. The first kappa shape index (κ1) is 16.6. The van der Waals surface area contributed by atoms with Crippen molar-refractivity contribution in [2.75, 3.05) is 0 Å². The highest BCUT2D eigenvalue weighted by molar-refractivity contribution is 6.30. The van der Waals surface area contributed by atoms with E-state index in [1.54, 1.807) is 18.2 Å².